The lowest BCUT2D eigenvalue weighted by Gasteiger charge is -2.47. The zero-order chi connectivity index (χ0) is 64.7. The number of hydrogen-bond donors (Lipinski definition) is 0. The van der Waals surface area contributed by atoms with Crippen LogP contribution in [0.25, 0.3) is 11.1 Å². The molecule has 3 saturated carbocycles. The number of likely N-dealkylation sites (N-methyl/N-ethyl adjacent to an activating group) is 2. The maximum atomic E-state index is 12.9. The van der Waals surface area contributed by atoms with Crippen LogP contribution >= 0.6 is 46.0 Å². The van der Waals surface area contributed by atoms with Crippen molar-refractivity contribution in [3.8, 4) is 11.8 Å². The van der Waals surface area contributed by atoms with Gasteiger partial charge in [-0.15, -0.1) is 8.75 Å². The SMILES string of the molecule is CCCCCCCCC(CI)(C(=O)[O-])C1CCC1.CCCCCCCCCC(=O)OC(C1CCC1)[N+]1(C)CCC=C(c2nsnc2OCCCCCC)C1.CCCCCCCCCC(=O)OC(C1CCC1)[N+]1(C)CCC=C(c2nsnc2OCCCCCC)C1.[I-]. The van der Waals surface area contributed by atoms with Crippen molar-refractivity contribution in [3.05, 3.63) is 23.5 Å². The fraction of sp³-hybridized carbons (Fsp3) is 0.849. The third kappa shape index (κ3) is 28.2. The van der Waals surface area contributed by atoms with Crippen molar-refractivity contribution in [1.82, 2.24) is 17.5 Å². The topological polar surface area (TPSA) is 163 Å². The Morgan fingerprint density at radius 2 is 0.879 bits per heavy atom. The highest BCUT2D eigenvalue weighted by Gasteiger charge is 2.48. The lowest BCUT2D eigenvalue weighted by molar-refractivity contribution is -0.952. The van der Waals surface area contributed by atoms with E-state index in [2.05, 4.69) is 101 Å². The first kappa shape index (κ1) is 81.4. The molecular weight excluding hydrogens is 1410 g/mol. The van der Waals surface area contributed by atoms with Gasteiger partial charge in [-0.3, -0.25) is 18.6 Å². The number of halogens is 2. The fourth-order valence-electron chi connectivity index (χ4n) is 13.9. The van der Waals surface area contributed by atoms with Gasteiger partial charge in [0.15, 0.2) is 0 Å². The monoisotopic (exact) mass is 1530 g/mol. The highest BCUT2D eigenvalue weighted by Crippen LogP contribution is 2.47. The number of carbonyl (C=O) groups excluding carboxylic acids is 3. The molecule has 2 aliphatic heterocycles. The van der Waals surface area contributed by atoms with E-state index in [9.17, 15) is 19.5 Å². The fourth-order valence-corrected chi connectivity index (χ4v) is 16.3. The standard InChI is InChI=1S/2C29H50N3O3S.C15H27IO2.HI/c2*1-4-6-8-10-11-12-13-20-26(33)35-29(24-17-15-18-24)32(3)21-16-19-25(23-32)27-28(31-36-30-27)34-22-14-9-7-5-2;1-2-3-4-5-6-7-11-15(12-16,14(17)18)13-9-8-10-13;/h2*19,24,29H,4-18,20-23H2,1-3H3;13H,2-12H2,1H3,(H,17,18);1H/q2*+1;;/p-2. The second kappa shape index (κ2) is 47.0. The Bertz CT molecular complexity index is 2210. The van der Waals surface area contributed by atoms with E-state index in [0.717, 1.165) is 149 Å². The van der Waals surface area contributed by atoms with E-state index in [-0.39, 0.29) is 48.4 Å². The van der Waals surface area contributed by atoms with E-state index >= 15 is 0 Å². The highest BCUT2D eigenvalue weighted by atomic mass is 127. The van der Waals surface area contributed by atoms with Crippen molar-refractivity contribution in [3.63, 3.8) is 0 Å². The number of carbonyl (C=O) groups is 3. The molecule has 0 amide bonds. The summed E-state index contributed by atoms with van der Waals surface area (Å²) in [7, 11) is 4.53. The zero-order valence-corrected chi connectivity index (χ0v) is 64.2. The van der Waals surface area contributed by atoms with Gasteiger partial charge in [0.1, 0.15) is 24.5 Å². The molecule has 5 aliphatic rings. The molecule has 0 radical (unpaired) electrons. The highest BCUT2D eigenvalue weighted by molar-refractivity contribution is 14.1. The Kier molecular flexibility index (Phi) is 42.1. The first-order chi connectivity index (χ1) is 43.8. The van der Waals surface area contributed by atoms with Crippen LogP contribution in [0, 0.1) is 23.2 Å². The number of ether oxygens (including phenoxy) is 4. The summed E-state index contributed by atoms with van der Waals surface area (Å²) in [6, 6.07) is 0. The number of esters is 2. The molecule has 5 atom stereocenters. The Balaban J connectivity index is 0.000000306. The normalized spacial score (nSPS) is 20.4. The van der Waals surface area contributed by atoms with Crippen LogP contribution in [-0.2, 0) is 23.9 Å². The summed E-state index contributed by atoms with van der Waals surface area (Å²) < 4.78 is 45.0. The van der Waals surface area contributed by atoms with Gasteiger partial charge in [0.05, 0.1) is 63.9 Å². The average molecular weight is 1530 g/mol. The Labute approximate surface area is 592 Å². The predicted molar refractivity (Wildman–Crippen MR) is 377 cm³/mol. The van der Waals surface area contributed by atoms with Crippen LogP contribution in [0.1, 0.15) is 316 Å². The second-order valence-corrected chi connectivity index (χ2v) is 29.8. The molecule has 522 valence electrons. The Morgan fingerprint density at radius 1 is 0.527 bits per heavy atom. The van der Waals surface area contributed by atoms with Gasteiger partial charge in [0.2, 0.25) is 12.5 Å². The summed E-state index contributed by atoms with van der Waals surface area (Å²) in [5.41, 5.74) is 3.63. The molecule has 5 unspecified atom stereocenters. The third-order valence-corrected chi connectivity index (χ3v) is 22.8. The number of rotatable bonds is 46. The quantitative estimate of drug-likeness (QED) is 0.0203. The number of hydrogen-bond acceptors (Lipinski definition) is 14. The molecule has 18 heteroatoms. The van der Waals surface area contributed by atoms with E-state index in [1.807, 2.05) is 0 Å². The maximum absolute atomic E-state index is 12.9. The van der Waals surface area contributed by atoms with Gasteiger partial charge < -0.3 is 52.8 Å². The van der Waals surface area contributed by atoms with E-state index < -0.39 is 11.4 Å². The van der Waals surface area contributed by atoms with Crippen LogP contribution in [0.4, 0.5) is 0 Å². The number of nitrogens with zero attached hydrogens (tertiary/aromatic N) is 6. The summed E-state index contributed by atoms with van der Waals surface area (Å²) in [6.45, 7) is 16.1. The molecule has 0 N–H and O–H groups in total. The number of carboxylic acid groups (broad SMARTS) is 1. The summed E-state index contributed by atoms with van der Waals surface area (Å²) in [5.74, 6) is 1.85. The van der Waals surface area contributed by atoms with Crippen molar-refractivity contribution >= 4 is 75.1 Å². The van der Waals surface area contributed by atoms with Gasteiger partial charge in [-0.25, -0.2) is 0 Å². The molecule has 91 heavy (non-hydrogen) atoms. The first-order valence-corrected chi connectivity index (χ1v) is 39.9. The minimum absolute atomic E-state index is 0. The van der Waals surface area contributed by atoms with Crippen LogP contribution in [0.5, 0.6) is 11.8 Å². The number of quaternary nitrogens is 2. The van der Waals surface area contributed by atoms with Crippen molar-refractivity contribution < 1.29 is 71.4 Å². The largest absolute Gasteiger partial charge is 1.00 e. The molecule has 2 aromatic rings. The lowest BCUT2D eigenvalue weighted by atomic mass is 9.64. The zero-order valence-electron chi connectivity index (χ0n) is 58.2. The van der Waals surface area contributed by atoms with Crippen LogP contribution in [-0.4, -0.2) is 115 Å². The van der Waals surface area contributed by atoms with Crippen LogP contribution in [0.2, 0.25) is 0 Å². The van der Waals surface area contributed by atoms with Crippen molar-refractivity contribution in [2.24, 2.45) is 23.2 Å². The average Bonchev–Trinajstić information content (AvgIpc) is 1.41. The van der Waals surface area contributed by atoms with E-state index in [4.69, 9.17) is 18.9 Å². The summed E-state index contributed by atoms with van der Waals surface area (Å²) in [4.78, 5) is 37.3. The van der Waals surface area contributed by atoms with Gasteiger partial charge in [-0.1, -0.05) is 243 Å². The number of unbranched alkanes of at least 4 members (excludes halogenated alkanes) is 23. The Morgan fingerprint density at radius 3 is 1.21 bits per heavy atom. The summed E-state index contributed by atoms with van der Waals surface area (Å²) >= 11 is 4.70. The van der Waals surface area contributed by atoms with Crippen molar-refractivity contribution in [1.29, 1.82) is 0 Å². The van der Waals surface area contributed by atoms with Gasteiger partial charge in [0, 0.05) is 64.5 Å². The summed E-state index contributed by atoms with van der Waals surface area (Å²) in [6.07, 6.45) is 52.5. The number of aliphatic carboxylic acids is 1. The smallest absolute Gasteiger partial charge is 0.310 e. The van der Waals surface area contributed by atoms with Crippen molar-refractivity contribution in [2.45, 2.75) is 317 Å². The maximum Gasteiger partial charge on any atom is 0.310 e. The molecule has 0 bridgehead atoms. The minimum Gasteiger partial charge on any atom is -1.00 e. The van der Waals surface area contributed by atoms with Crippen LogP contribution < -0.4 is 38.6 Å². The molecule has 4 heterocycles. The molecule has 7 rings (SSSR count). The van der Waals surface area contributed by atoms with Gasteiger partial charge >= 0.3 is 11.9 Å². The first-order valence-electron chi connectivity index (χ1n) is 37.0. The van der Waals surface area contributed by atoms with E-state index in [1.165, 1.54) is 189 Å². The van der Waals surface area contributed by atoms with Crippen molar-refractivity contribution in [2.75, 3.05) is 57.9 Å². The van der Waals surface area contributed by atoms with Crippen LogP contribution in [0.15, 0.2) is 12.2 Å². The van der Waals surface area contributed by atoms with E-state index in [0.29, 0.717) is 60.0 Å². The third-order valence-electron chi connectivity index (χ3n) is 20.4. The Hall–Kier alpha value is -2.01. The van der Waals surface area contributed by atoms with Gasteiger partial charge in [-0.05, 0) is 76.5 Å². The summed E-state index contributed by atoms with van der Waals surface area (Å²) in [5, 5.41) is 11.5. The number of aromatic nitrogens is 4. The molecule has 14 nitrogen and oxygen atoms in total. The molecule has 2 aromatic heterocycles. The molecular formula is C73H126I2N6O8S2. The van der Waals surface area contributed by atoms with Gasteiger partial charge in [0.25, 0.3) is 11.8 Å². The van der Waals surface area contributed by atoms with Crippen LogP contribution in [0.3, 0.4) is 0 Å². The predicted octanol–water partition coefficient (Wildman–Crippen LogP) is 15.8. The molecule has 0 aromatic carbocycles. The molecule has 3 aliphatic carbocycles. The molecule has 0 spiro atoms. The molecule has 0 saturated heterocycles. The lowest BCUT2D eigenvalue weighted by Crippen LogP contribution is -3.00. The number of carboxylic acids is 1. The minimum atomic E-state index is -0.796. The van der Waals surface area contributed by atoms with E-state index in [1.54, 1.807) is 0 Å². The number of alkyl halides is 1. The van der Waals surface area contributed by atoms with Gasteiger partial charge in [-0.2, -0.15) is 8.75 Å². The second-order valence-electron chi connectivity index (χ2n) is 28.0. The molecule has 3 fully saturated rings.